The van der Waals surface area contributed by atoms with Crippen LogP contribution in [-0.4, -0.2) is 10.7 Å². The van der Waals surface area contributed by atoms with Gasteiger partial charge in [-0.25, -0.2) is 4.39 Å². The first kappa shape index (κ1) is 14.0. The molecule has 0 radical (unpaired) electrons. The predicted octanol–water partition coefficient (Wildman–Crippen LogP) is 4.32. The number of benzene rings is 1. The number of hydrogen-bond donors (Lipinski definition) is 1. The quantitative estimate of drug-likeness (QED) is 0.862. The van der Waals surface area contributed by atoms with Crippen LogP contribution in [0, 0.1) is 17.7 Å². The maximum Gasteiger partial charge on any atom is 0.123 e. The van der Waals surface area contributed by atoms with E-state index in [0.717, 1.165) is 22.9 Å². The number of hydrogen-bond acceptors (Lipinski definition) is 1. The molecule has 0 amide bonds. The van der Waals surface area contributed by atoms with E-state index < -0.39 is 5.60 Å². The molecule has 100 valence electrons. The standard InChI is InChI=1S/C15H20BrFO/c1-10-4-3-7-15(18,11(10)2)9-12-8-13(17)5-6-14(12)16/h5-6,8,10-11,18H,3-4,7,9H2,1-2H3. The minimum Gasteiger partial charge on any atom is -0.389 e. The van der Waals surface area contributed by atoms with Gasteiger partial charge < -0.3 is 5.11 Å². The molecule has 1 fully saturated rings. The van der Waals surface area contributed by atoms with Gasteiger partial charge in [0, 0.05) is 10.9 Å². The average Bonchev–Trinajstić information content (AvgIpc) is 2.31. The van der Waals surface area contributed by atoms with Crippen LogP contribution in [0.4, 0.5) is 4.39 Å². The lowest BCUT2D eigenvalue weighted by molar-refractivity contribution is -0.0622. The summed E-state index contributed by atoms with van der Waals surface area (Å²) >= 11 is 3.44. The molecule has 1 nitrogen and oxygen atoms in total. The topological polar surface area (TPSA) is 20.2 Å². The van der Waals surface area contributed by atoms with E-state index in [-0.39, 0.29) is 11.7 Å². The van der Waals surface area contributed by atoms with Crippen LogP contribution in [0.15, 0.2) is 22.7 Å². The SMILES string of the molecule is CC1CCCC(O)(Cc2cc(F)ccc2Br)C1C. The molecule has 1 saturated carbocycles. The Morgan fingerprint density at radius 2 is 2.17 bits per heavy atom. The zero-order chi connectivity index (χ0) is 13.3. The van der Waals surface area contributed by atoms with Gasteiger partial charge in [-0.1, -0.05) is 42.6 Å². The maximum absolute atomic E-state index is 13.3. The number of aliphatic hydroxyl groups is 1. The van der Waals surface area contributed by atoms with Gasteiger partial charge in [0.25, 0.3) is 0 Å². The highest BCUT2D eigenvalue weighted by Gasteiger charge is 2.40. The van der Waals surface area contributed by atoms with E-state index in [1.165, 1.54) is 18.6 Å². The van der Waals surface area contributed by atoms with Gasteiger partial charge in [-0.3, -0.25) is 0 Å². The van der Waals surface area contributed by atoms with Crippen molar-refractivity contribution in [1.29, 1.82) is 0 Å². The minimum absolute atomic E-state index is 0.242. The lowest BCUT2D eigenvalue weighted by Crippen LogP contribution is -2.44. The Kier molecular flexibility index (Phi) is 4.12. The zero-order valence-electron chi connectivity index (χ0n) is 10.9. The number of halogens is 2. The van der Waals surface area contributed by atoms with E-state index in [4.69, 9.17) is 0 Å². The minimum atomic E-state index is -0.700. The Labute approximate surface area is 117 Å². The van der Waals surface area contributed by atoms with Gasteiger partial charge >= 0.3 is 0 Å². The van der Waals surface area contributed by atoms with Gasteiger partial charge in [-0.05, 0) is 42.0 Å². The Bertz CT molecular complexity index is 435. The molecule has 3 atom stereocenters. The molecule has 0 saturated heterocycles. The Balaban J connectivity index is 2.23. The van der Waals surface area contributed by atoms with Crippen molar-refractivity contribution >= 4 is 15.9 Å². The van der Waals surface area contributed by atoms with Crippen molar-refractivity contribution in [2.45, 2.75) is 45.1 Å². The molecule has 1 aliphatic carbocycles. The third-order valence-electron chi connectivity index (χ3n) is 4.47. The third kappa shape index (κ3) is 2.77. The van der Waals surface area contributed by atoms with Gasteiger partial charge in [0.2, 0.25) is 0 Å². The van der Waals surface area contributed by atoms with Crippen LogP contribution < -0.4 is 0 Å². The summed E-state index contributed by atoms with van der Waals surface area (Å²) in [6, 6.07) is 4.67. The molecule has 3 heteroatoms. The summed E-state index contributed by atoms with van der Waals surface area (Å²) in [6.07, 6.45) is 3.56. The van der Waals surface area contributed by atoms with E-state index in [2.05, 4.69) is 29.8 Å². The van der Waals surface area contributed by atoms with Gasteiger partial charge in [0.1, 0.15) is 5.82 Å². The van der Waals surface area contributed by atoms with Gasteiger partial charge in [0.15, 0.2) is 0 Å². The van der Waals surface area contributed by atoms with Crippen LogP contribution in [0.3, 0.4) is 0 Å². The first-order valence-electron chi connectivity index (χ1n) is 6.59. The molecule has 1 aromatic carbocycles. The summed E-state index contributed by atoms with van der Waals surface area (Å²) in [5.41, 5.74) is 0.159. The molecule has 1 aliphatic rings. The van der Waals surface area contributed by atoms with Crippen molar-refractivity contribution in [3.05, 3.63) is 34.1 Å². The molecule has 2 rings (SSSR count). The van der Waals surface area contributed by atoms with Crippen LogP contribution >= 0.6 is 15.9 Å². The summed E-state index contributed by atoms with van der Waals surface area (Å²) in [5.74, 6) is 0.533. The summed E-state index contributed by atoms with van der Waals surface area (Å²) in [4.78, 5) is 0. The molecular weight excluding hydrogens is 295 g/mol. The first-order valence-corrected chi connectivity index (χ1v) is 7.38. The number of rotatable bonds is 2. The predicted molar refractivity (Wildman–Crippen MR) is 74.9 cm³/mol. The fraction of sp³-hybridized carbons (Fsp3) is 0.600. The fourth-order valence-corrected chi connectivity index (χ4v) is 3.38. The van der Waals surface area contributed by atoms with Crippen molar-refractivity contribution in [1.82, 2.24) is 0 Å². The Morgan fingerprint density at radius 1 is 1.44 bits per heavy atom. The van der Waals surface area contributed by atoms with Gasteiger partial charge in [-0.15, -0.1) is 0 Å². The van der Waals surface area contributed by atoms with Crippen molar-refractivity contribution in [3.63, 3.8) is 0 Å². The lowest BCUT2D eigenvalue weighted by Gasteiger charge is -2.42. The highest BCUT2D eigenvalue weighted by Crippen LogP contribution is 2.40. The van der Waals surface area contributed by atoms with E-state index in [9.17, 15) is 9.50 Å². The maximum atomic E-state index is 13.3. The lowest BCUT2D eigenvalue weighted by atomic mass is 9.68. The molecule has 0 bridgehead atoms. The molecule has 0 heterocycles. The molecule has 0 aromatic heterocycles. The van der Waals surface area contributed by atoms with E-state index >= 15 is 0 Å². The van der Waals surface area contributed by atoms with Crippen LogP contribution in [0.5, 0.6) is 0 Å². The summed E-state index contributed by atoms with van der Waals surface area (Å²) in [7, 11) is 0. The molecule has 0 aliphatic heterocycles. The third-order valence-corrected chi connectivity index (χ3v) is 5.25. The van der Waals surface area contributed by atoms with E-state index in [1.54, 1.807) is 6.07 Å². The molecule has 3 unspecified atom stereocenters. The molecular formula is C15H20BrFO. The highest BCUT2D eigenvalue weighted by molar-refractivity contribution is 9.10. The average molecular weight is 315 g/mol. The van der Waals surface area contributed by atoms with Gasteiger partial charge in [0.05, 0.1) is 5.60 Å². The summed E-state index contributed by atoms with van der Waals surface area (Å²) in [5, 5.41) is 10.8. The Hall–Kier alpha value is -0.410. The monoisotopic (exact) mass is 314 g/mol. The zero-order valence-corrected chi connectivity index (χ0v) is 12.5. The normalized spacial score (nSPS) is 32.5. The van der Waals surface area contributed by atoms with Crippen molar-refractivity contribution in [2.24, 2.45) is 11.8 Å². The second-order valence-electron chi connectivity index (χ2n) is 5.67. The van der Waals surface area contributed by atoms with Gasteiger partial charge in [-0.2, -0.15) is 0 Å². The fourth-order valence-electron chi connectivity index (χ4n) is 3.00. The van der Waals surface area contributed by atoms with Crippen LogP contribution in [0.2, 0.25) is 0 Å². The van der Waals surface area contributed by atoms with Crippen LogP contribution in [-0.2, 0) is 6.42 Å². The van der Waals surface area contributed by atoms with Crippen molar-refractivity contribution in [3.8, 4) is 0 Å². The summed E-state index contributed by atoms with van der Waals surface area (Å²) < 4.78 is 14.2. The Morgan fingerprint density at radius 3 is 2.89 bits per heavy atom. The molecule has 1 N–H and O–H groups in total. The first-order chi connectivity index (χ1) is 8.42. The van der Waals surface area contributed by atoms with Crippen molar-refractivity contribution in [2.75, 3.05) is 0 Å². The largest absolute Gasteiger partial charge is 0.389 e. The van der Waals surface area contributed by atoms with Crippen LogP contribution in [0.1, 0.15) is 38.7 Å². The second-order valence-corrected chi connectivity index (χ2v) is 6.53. The van der Waals surface area contributed by atoms with Crippen LogP contribution in [0.25, 0.3) is 0 Å². The molecule has 1 aromatic rings. The summed E-state index contributed by atoms with van der Waals surface area (Å²) in [6.45, 7) is 4.30. The smallest absolute Gasteiger partial charge is 0.123 e. The molecule has 0 spiro atoms. The van der Waals surface area contributed by atoms with E-state index in [0.29, 0.717) is 12.3 Å². The van der Waals surface area contributed by atoms with Crippen molar-refractivity contribution < 1.29 is 9.50 Å². The van der Waals surface area contributed by atoms with E-state index in [1.807, 2.05) is 0 Å². The second kappa shape index (κ2) is 5.30. The highest BCUT2D eigenvalue weighted by atomic mass is 79.9. The molecule has 18 heavy (non-hydrogen) atoms.